The summed E-state index contributed by atoms with van der Waals surface area (Å²) in [5, 5.41) is 11.5. The van der Waals surface area contributed by atoms with Gasteiger partial charge < -0.3 is 10.2 Å². The van der Waals surface area contributed by atoms with Crippen molar-refractivity contribution in [3.63, 3.8) is 0 Å². The van der Waals surface area contributed by atoms with Gasteiger partial charge >= 0.3 is 0 Å². The lowest BCUT2D eigenvalue weighted by Gasteiger charge is -2.18. The molecular weight excluding hydrogens is 274 g/mol. The fourth-order valence-electron chi connectivity index (χ4n) is 2.28. The highest BCUT2D eigenvalue weighted by Gasteiger charge is 2.09. The fourth-order valence-corrected chi connectivity index (χ4v) is 2.28. The predicted octanol–water partition coefficient (Wildman–Crippen LogP) is 3.97. The first kappa shape index (κ1) is 16.2. The summed E-state index contributed by atoms with van der Waals surface area (Å²) in [5.41, 5.74) is 2.28. The molecular formula is C17H25N5. The molecule has 5 nitrogen and oxygen atoms in total. The van der Waals surface area contributed by atoms with Crippen LogP contribution in [0.3, 0.4) is 0 Å². The average molecular weight is 299 g/mol. The molecule has 0 spiro atoms. The third kappa shape index (κ3) is 4.16. The smallest absolute Gasteiger partial charge is 0.249 e. The van der Waals surface area contributed by atoms with E-state index in [0.29, 0.717) is 11.9 Å². The zero-order valence-electron chi connectivity index (χ0n) is 13.9. The van der Waals surface area contributed by atoms with Gasteiger partial charge in [0.15, 0.2) is 5.82 Å². The SMILES string of the molecule is CCCCN(C)c1cnnc(Nc2ccccc2C(C)C)n1. The van der Waals surface area contributed by atoms with Gasteiger partial charge in [-0.05, 0) is 24.0 Å². The standard InChI is InChI=1S/C17H25N5/c1-5-6-11-22(4)16-12-18-21-17(20-16)19-15-10-8-7-9-14(15)13(2)3/h7-10,12-13H,5-6,11H2,1-4H3,(H,19,20,21). The second-order valence-corrected chi connectivity index (χ2v) is 5.78. The van der Waals surface area contributed by atoms with Crippen molar-refractivity contribution in [2.45, 2.75) is 39.5 Å². The fraction of sp³-hybridized carbons (Fsp3) is 0.471. The van der Waals surface area contributed by atoms with E-state index in [1.165, 1.54) is 5.56 Å². The van der Waals surface area contributed by atoms with E-state index >= 15 is 0 Å². The molecule has 0 saturated heterocycles. The van der Waals surface area contributed by atoms with Crippen LogP contribution in [0.5, 0.6) is 0 Å². The van der Waals surface area contributed by atoms with E-state index in [1.807, 2.05) is 19.2 Å². The number of nitrogens with zero attached hydrogens (tertiary/aromatic N) is 4. The van der Waals surface area contributed by atoms with Crippen molar-refractivity contribution < 1.29 is 0 Å². The van der Waals surface area contributed by atoms with Crippen molar-refractivity contribution in [1.82, 2.24) is 15.2 Å². The number of hydrogen-bond acceptors (Lipinski definition) is 5. The molecule has 1 aromatic heterocycles. The number of hydrogen-bond donors (Lipinski definition) is 1. The van der Waals surface area contributed by atoms with Crippen LogP contribution in [0.4, 0.5) is 17.5 Å². The lowest BCUT2D eigenvalue weighted by molar-refractivity contribution is 0.754. The summed E-state index contributed by atoms with van der Waals surface area (Å²) in [6.45, 7) is 7.50. The Morgan fingerprint density at radius 2 is 2.00 bits per heavy atom. The molecule has 118 valence electrons. The van der Waals surface area contributed by atoms with Gasteiger partial charge in [0.25, 0.3) is 0 Å². The van der Waals surface area contributed by atoms with Crippen molar-refractivity contribution in [2.24, 2.45) is 0 Å². The molecule has 2 aromatic rings. The second-order valence-electron chi connectivity index (χ2n) is 5.78. The van der Waals surface area contributed by atoms with Gasteiger partial charge in [0.2, 0.25) is 5.95 Å². The molecule has 22 heavy (non-hydrogen) atoms. The molecule has 0 fully saturated rings. The molecule has 1 heterocycles. The van der Waals surface area contributed by atoms with Crippen molar-refractivity contribution >= 4 is 17.5 Å². The molecule has 0 radical (unpaired) electrons. The van der Waals surface area contributed by atoms with Crippen molar-refractivity contribution in [3.8, 4) is 0 Å². The highest BCUT2D eigenvalue weighted by atomic mass is 15.3. The summed E-state index contributed by atoms with van der Waals surface area (Å²) in [6, 6.07) is 8.23. The van der Waals surface area contributed by atoms with Gasteiger partial charge in [0.05, 0.1) is 6.20 Å². The Balaban J connectivity index is 2.17. The van der Waals surface area contributed by atoms with E-state index in [0.717, 1.165) is 30.9 Å². The minimum atomic E-state index is 0.437. The van der Waals surface area contributed by atoms with Crippen LogP contribution in [0.2, 0.25) is 0 Å². The first-order valence-electron chi connectivity index (χ1n) is 7.88. The maximum Gasteiger partial charge on any atom is 0.249 e. The maximum absolute atomic E-state index is 4.56. The Labute approximate surface area is 132 Å². The minimum absolute atomic E-state index is 0.437. The molecule has 0 aliphatic rings. The second kappa shape index (κ2) is 7.73. The number of anilines is 3. The van der Waals surface area contributed by atoms with Crippen LogP contribution in [-0.4, -0.2) is 28.8 Å². The van der Waals surface area contributed by atoms with E-state index in [9.17, 15) is 0 Å². The topological polar surface area (TPSA) is 53.9 Å². The lowest BCUT2D eigenvalue weighted by Crippen LogP contribution is -2.20. The van der Waals surface area contributed by atoms with E-state index in [1.54, 1.807) is 6.20 Å². The molecule has 2 rings (SSSR count). The predicted molar refractivity (Wildman–Crippen MR) is 91.8 cm³/mol. The quantitative estimate of drug-likeness (QED) is 0.838. The highest BCUT2D eigenvalue weighted by molar-refractivity contribution is 5.59. The zero-order chi connectivity index (χ0) is 15.9. The Morgan fingerprint density at radius 1 is 1.23 bits per heavy atom. The van der Waals surface area contributed by atoms with Crippen LogP contribution < -0.4 is 10.2 Å². The summed E-state index contributed by atoms with van der Waals surface area (Å²) in [5.74, 6) is 1.81. The van der Waals surface area contributed by atoms with Gasteiger partial charge in [-0.15, -0.1) is 5.10 Å². The Bertz CT molecular complexity index is 597. The number of nitrogens with one attached hydrogen (secondary N) is 1. The zero-order valence-corrected chi connectivity index (χ0v) is 13.9. The van der Waals surface area contributed by atoms with Gasteiger partial charge in [-0.2, -0.15) is 10.1 Å². The third-order valence-electron chi connectivity index (χ3n) is 3.61. The first-order chi connectivity index (χ1) is 10.6. The number of rotatable bonds is 7. The summed E-state index contributed by atoms with van der Waals surface area (Å²) >= 11 is 0. The van der Waals surface area contributed by atoms with E-state index < -0.39 is 0 Å². The van der Waals surface area contributed by atoms with Crippen molar-refractivity contribution in [2.75, 3.05) is 23.8 Å². The minimum Gasteiger partial charge on any atom is -0.358 e. The summed E-state index contributed by atoms with van der Waals surface area (Å²) < 4.78 is 0. The monoisotopic (exact) mass is 299 g/mol. The number of aromatic nitrogens is 3. The van der Waals surface area contributed by atoms with Crippen molar-refractivity contribution in [1.29, 1.82) is 0 Å². The van der Waals surface area contributed by atoms with E-state index in [4.69, 9.17) is 0 Å². The summed E-state index contributed by atoms with van der Waals surface area (Å²) in [4.78, 5) is 6.67. The molecule has 0 saturated carbocycles. The normalized spacial score (nSPS) is 10.8. The van der Waals surface area contributed by atoms with Gasteiger partial charge in [0.1, 0.15) is 0 Å². The van der Waals surface area contributed by atoms with Gasteiger partial charge in [-0.1, -0.05) is 45.4 Å². The Morgan fingerprint density at radius 3 is 2.73 bits per heavy atom. The molecule has 1 aromatic carbocycles. The molecule has 0 atom stereocenters. The van der Waals surface area contributed by atoms with Gasteiger partial charge in [-0.25, -0.2) is 0 Å². The Hall–Kier alpha value is -2.17. The average Bonchev–Trinajstić information content (AvgIpc) is 2.53. The number of unbranched alkanes of at least 4 members (excludes halogenated alkanes) is 1. The molecule has 0 aliphatic heterocycles. The molecule has 0 aliphatic carbocycles. The lowest BCUT2D eigenvalue weighted by atomic mass is 10.0. The summed E-state index contributed by atoms with van der Waals surface area (Å²) in [6.07, 6.45) is 4.00. The van der Waals surface area contributed by atoms with Crippen LogP contribution in [0.1, 0.15) is 45.1 Å². The number of benzene rings is 1. The Kier molecular flexibility index (Phi) is 5.69. The molecule has 0 bridgehead atoms. The van der Waals surface area contributed by atoms with E-state index in [2.05, 4.69) is 58.3 Å². The molecule has 0 amide bonds. The van der Waals surface area contributed by atoms with Crippen LogP contribution in [0.15, 0.2) is 30.5 Å². The maximum atomic E-state index is 4.56. The van der Waals surface area contributed by atoms with Crippen LogP contribution in [0, 0.1) is 0 Å². The largest absolute Gasteiger partial charge is 0.358 e. The molecule has 5 heteroatoms. The van der Waals surface area contributed by atoms with Gasteiger partial charge in [-0.3, -0.25) is 0 Å². The number of para-hydroxylation sites is 1. The van der Waals surface area contributed by atoms with Crippen LogP contribution >= 0.6 is 0 Å². The molecule has 0 unspecified atom stereocenters. The highest BCUT2D eigenvalue weighted by Crippen LogP contribution is 2.25. The van der Waals surface area contributed by atoms with Crippen LogP contribution in [-0.2, 0) is 0 Å². The first-order valence-corrected chi connectivity index (χ1v) is 7.88. The summed E-state index contributed by atoms with van der Waals surface area (Å²) in [7, 11) is 2.03. The van der Waals surface area contributed by atoms with Crippen LogP contribution in [0.25, 0.3) is 0 Å². The van der Waals surface area contributed by atoms with Gasteiger partial charge in [0, 0.05) is 19.3 Å². The third-order valence-corrected chi connectivity index (χ3v) is 3.61. The van der Waals surface area contributed by atoms with Crippen molar-refractivity contribution in [3.05, 3.63) is 36.0 Å². The molecule has 1 N–H and O–H groups in total. The van der Waals surface area contributed by atoms with E-state index in [-0.39, 0.29) is 0 Å².